The summed E-state index contributed by atoms with van der Waals surface area (Å²) in [5.74, 6) is 0.502. The van der Waals surface area contributed by atoms with Gasteiger partial charge in [0.25, 0.3) is 5.91 Å². The molecule has 2 aromatic rings. The van der Waals surface area contributed by atoms with Crippen LogP contribution < -0.4 is 10.5 Å². The molecule has 0 fully saturated rings. The fourth-order valence-electron chi connectivity index (χ4n) is 2.27. The predicted molar refractivity (Wildman–Crippen MR) is 105 cm³/mol. The first-order valence-electron chi connectivity index (χ1n) is 7.81. The Kier molecular flexibility index (Phi) is 7.92. The van der Waals surface area contributed by atoms with Crippen LogP contribution in [0.5, 0.6) is 5.75 Å². The summed E-state index contributed by atoms with van der Waals surface area (Å²) < 4.78 is 28.4. The molecule has 0 saturated heterocycles. The van der Waals surface area contributed by atoms with Crippen molar-refractivity contribution >= 4 is 33.8 Å². The van der Waals surface area contributed by atoms with Crippen molar-refractivity contribution in [1.29, 1.82) is 0 Å². The molecule has 0 radical (unpaired) electrons. The molecule has 2 aromatic carbocycles. The number of hydrogen-bond acceptors (Lipinski definition) is 5. The molecule has 0 bridgehead atoms. The zero-order valence-electron chi connectivity index (χ0n) is 14.7. The molecule has 0 unspecified atom stereocenters. The van der Waals surface area contributed by atoms with E-state index in [0.717, 1.165) is 6.26 Å². The Morgan fingerprint density at radius 1 is 1.15 bits per heavy atom. The van der Waals surface area contributed by atoms with E-state index in [1.807, 2.05) is 0 Å². The Morgan fingerprint density at radius 2 is 1.81 bits per heavy atom. The smallest absolute Gasteiger partial charge is 0.253 e. The van der Waals surface area contributed by atoms with E-state index < -0.39 is 9.84 Å². The lowest BCUT2D eigenvalue weighted by molar-refractivity contribution is 0.0788. The molecule has 0 spiro atoms. The van der Waals surface area contributed by atoms with Gasteiger partial charge in [0.05, 0.1) is 11.5 Å². The van der Waals surface area contributed by atoms with E-state index in [0.29, 0.717) is 36.6 Å². The molecule has 1 amide bonds. The van der Waals surface area contributed by atoms with Gasteiger partial charge in [-0.3, -0.25) is 4.79 Å². The Morgan fingerprint density at radius 3 is 2.38 bits per heavy atom. The number of ether oxygens (including phenoxy) is 1. The first kappa shape index (κ1) is 21.8. The van der Waals surface area contributed by atoms with Crippen molar-refractivity contribution in [1.82, 2.24) is 4.90 Å². The van der Waals surface area contributed by atoms with Crippen LogP contribution in [0, 0.1) is 0 Å². The number of nitrogens with two attached hydrogens (primary N) is 1. The number of amides is 1. The number of benzene rings is 2. The average molecular weight is 399 g/mol. The van der Waals surface area contributed by atoms with Gasteiger partial charge in [0, 0.05) is 31.1 Å². The number of sulfone groups is 1. The quantitative estimate of drug-likeness (QED) is 0.572. The van der Waals surface area contributed by atoms with E-state index in [1.54, 1.807) is 48.3 Å². The van der Waals surface area contributed by atoms with Crippen molar-refractivity contribution in [2.75, 3.05) is 32.2 Å². The third-order valence-corrected chi connectivity index (χ3v) is 4.77. The van der Waals surface area contributed by atoms with Crippen LogP contribution in [0.2, 0.25) is 0 Å². The minimum absolute atomic E-state index is 0. The summed E-state index contributed by atoms with van der Waals surface area (Å²) in [6.45, 7) is 0.960. The van der Waals surface area contributed by atoms with Crippen molar-refractivity contribution in [2.24, 2.45) is 0 Å². The zero-order valence-corrected chi connectivity index (χ0v) is 16.3. The van der Waals surface area contributed by atoms with Gasteiger partial charge >= 0.3 is 0 Å². The molecular formula is C18H23ClN2O4S. The molecule has 142 valence electrons. The number of hydrogen-bond donors (Lipinski definition) is 1. The summed E-state index contributed by atoms with van der Waals surface area (Å²) in [7, 11) is -1.48. The highest BCUT2D eigenvalue weighted by Crippen LogP contribution is 2.16. The van der Waals surface area contributed by atoms with Gasteiger partial charge in [-0.2, -0.15) is 0 Å². The van der Waals surface area contributed by atoms with E-state index >= 15 is 0 Å². The van der Waals surface area contributed by atoms with Gasteiger partial charge in [0.2, 0.25) is 0 Å². The zero-order chi connectivity index (χ0) is 18.4. The van der Waals surface area contributed by atoms with E-state index in [1.165, 1.54) is 12.1 Å². The number of nitrogens with zero attached hydrogens (tertiary/aromatic N) is 1. The fraction of sp³-hybridized carbons (Fsp3) is 0.278. The molecular weight excluding hydrogens is 376 g/mol. The topological polar surface area (TPSA) is 89.7 Å². The highest BCUT2D eigenvalue weighted by Gasteiger charge is 2.11. The summed E-state index contributed by atoms with van der Waals surface area (Å²) in [5.41, 5.74) is 6.80. The SMILES string of the molecule is CN(CCCOc1ccc(S(C)(=O)=O)cc1)C(=O)c1cccc(N)c1.Cl. The van der Waals surface area contributed by atoms with Crippen LogP contribution in [-0.2, 0) is 9.84 Å². The number of halogens is 1. The standard InChI is InChI=1S/C18H22N2O4S.ClH/c1-20(18(21)14-5-3-6-15(19)13-14)11-4-12-24-16-7-9-17(10-8-16)25(2,22)23;/h3,5-10,13H,4,11-12,19H2,1-2H3;1H. The van der Waals surface area contributed by atoms with Crippen LogP contribution in [0.25, 0.3) is 0 Å². The van der Waals surface area contributed by atoms with E-state index in [2.05, 4.69) is 0 Å². The minimum Gasteiger partial charge on any atom is -0.494 e. The van der Waals surface area contributed by atoms with E-state index in [-0.39, 0.29) is 23.2 Å². The van der Waals surface area contributed by atoms with E-state index in [9.17, 15) is 13.2 Å². The Balaban J connectivity index is 0.00000338. The lowest BCUT2D eigenvalue weighted by Crippen LogP contribution is -2.28. The first-order chi connectivity index (χ1) is 11.8. The molecule has 0 aliphatic rings. The van der Waals surface area contributed by atoms with E-state index in [4.69, 9.17) is 10.5 Å². The van der Waals surface area contributed by atoms with Crippen molar-refractivity contribution in [3.05, 3.63) is 54.1 Å². The van der Waals surface area contributed by atoms with Gasteiger partial charge in [0.1, 0.15) is 5.75 Å². The van der Waals surface area contributed by atoms with Gasteiger partial charge < -0.3 is 15.4 Å². The number of rotatable bonds is 7. The molecule has 8 heteroatoms. The Hall–Kier alpha value is -2.25. The van der Waals surface area contributed by atoms with Gasteiger partial charge in [-0.15, -0.1) is 12.4 Å². The number of carbonyl (C=O) groups is 1. The summed E-state index contributed by atoms with van der Waals surface area (Å²) in [6, 6.07) is 13.1. The maximum absolute atomic E-state index is 12.3. The molecule has 26 heavy (non-hydrogen) atoms. The second-order valence-corrected chi connectivity index (χ2v) is 7.81. The lowest BCUT2D eigenvalue weighted by atomic mass is 10.2. The molecule has 6 nitrogen and oxygen atoms in total. The van der Waals surface area contributed by atoms with Crippen molar-refractivity contribution in [3.8, 4) is 5.75 Å². The highest BCUT2D eigenvalue weighted by molar-refractivity contribution is 7.90. The monoisotopic (exact) mass is 398 g/mol. The van der Waals surface area contributed by atoms with Crippen molar-refractivity contribution < 1.29 is 17.9 Å². The van der Waals surface area contributed by atoms with Crippen LogP contribution in [0.4, 0.5) is 5.69 Å². The van der Waals surface area contributed by atoms with Crippen LogP contribution >= 0.6 is 12.4 Å². The molecule has 2 N–H and O–H groups in total. The second kappa shape index (κ2) is 9.45. The average Bonchev–Trinajstić information content (AvgIpc) is 2.57. The van der Waals surface area contributed by atoms with Gasteiger partial charge in [-0.1, -0.05) is 6.07 Å². The van der Waals surface area contributed by atoms with Crippen LogP contribution in [-0.4, -0.2) is 45.7 Å². The normalized spacial score (nSPS) is 10.7. The molecule has 2 rings (SSSR count). The van der Waals surface area contributed by atoms with Crippen LogP contribution in [0.15, 0.2) is 53.4 Å². The van der Waals surface area contributed by atoms with Crippen molar-refractivity contribution in [2.45, 2.75) is 11.3 Å². The van der Waals surface area contributed by atoms with Crippen LogP contribution in [0.1, 0.15) is 16.8 Å². The molecule has 0 heterocycles. The number of carbonyl (C=O) groups excluding carboxylic acids is 1. The van der Waals surface area contributed by atoms with Gasteiger partial charge in [-0.05, 0) is 48.9 Å². The molecule has 0 aliphatic heterocycles. The van der Waals surface area contributed by atoms with Crippen LogP contribution in [0.3, 0.4) is 0 Å². The second-order valence-electron chi connectivity index (χ2n) is 5.80. The maximum atomic E-state index is 12.3. The Labute approximate surface area is 160 Å². The Bertz CT molecular complexity index is 839. The summed E-state index contributed by atoms with van der Waals surface area (Å²) >= 11 is 0. The molecule has 0 aromatic heterocycles. The predicted octanol–water partition coefficient (Wildman–Crippen LogP) is 2.64. The molecule has 0 atom stereocenters. The van der Waals surface area contributed by atoms with Gasteiger partial charge in [0.15, 0.2) is 9.84 Å². The maximum Gasteiger partial charge on any atom is 0.253 e. The molecule has 0 saturated carbocycles. The van der Waals surface area contributed by atoms with Crippen molar-refractivity contribution in [3.63, 3.8) is 0 Å². The van der Waals surface area contributed by atoms with Gasteiger partial charge in [-0.25, -0.2) is 8.42 Å². The fourth-order valence-corrected chi connectivity index (χ4v) is 2.90. The number of anilines is 1. The largest absolute Gasteiger partial charge is 0.494 e. The summed E-state index contributed by atoms with van der Waals surface area (Å²) in [6.07, 6.45) is 1.81. The number of nitrogen functional groups attached to an aromatic ring is 1. The third-order valence-electron chi connectivity index (χ3n) is 3.64. The highest BCUT2D eigenvalue weighted by atomic mass is 35.5. The first-order valence-corrected chi connectivity index (χ1v) is 9.70. The summed E-state index contributed by atoms with van der Waals surface area (Å²) in [5, 5.41) is 0. The lowest BCUT2D eigenvalue weighted by Gasteiger charge is -2.17. The summed E-state index contributed by atoms with van der Waals surface area (Å²) in [4.78, 5) is 14.1. The minimum atomic E-state index is -3.20. The molecule has 0 aliphatic carbocycles. The third kappa shape index (κ3) is 6.24.